The second-order valence-corrected chi connectivity index (χ2v) is 6.08. The summed E-state index contributed by atoms with van der Waals surface area (Å²) in [6.07, 6.45) is 0. The molecule has 6 heteroatoms. The fourth-order valence-electron chi connectivity index (χ4n) is 2.33. The van der Waals surface area contributed by atoms with Crippen molar-refractivity contribution in [1.29, 1.82) is 0 Å². The number of ether oxygens (including phenoxy) is 1. The fourth-order valence-corrected chi connectivity index (χ4v) is 2.77. The number of hydrogen-bond acceptors (Lipinski definition) is 4. The van der Waals surface area contributed by atoms with Crippen molar-refractivity contribution in [2.24, 2.45) is 0 Å². The lowest BCUT2D eigenvalue weighted by molar-refractivity contribution is 0.0919. The fraction of sp³-hybridized carbons (Fsp3) is 0.111. The number of carbonyl (C=O) groups excluding carboxylic acids is 1. The quantitative estimate of drug-likeness (QED) is 0.743. The molecule has 1 heterocycles. The maximum Gasteiger partial charge on any atom is 0.344 e. The van der Waals surface area contributed by atoms with Crippen molar-refractivity contribution in [3.05, 3.63) is 74.7 Å². The Morgan fingerprint density at radius 3 is 2.79 bits per heavy atom. The molecule has 0 bridgehead atoms. The number of hydrogen-bond donors (Lipinski definition) is 1. The molecule has 3 aromatic rings. The van der Waals surface area contributed by atoms with Crippen LogP contribution in [0.1, 0.15) is 16.1 Å². The van der Waals surface area contributed by atoms with E-state index in [-0.39, 0.29) is 5.76 Å². The third-order valence-corrected chi connectivity index (χ3v) is 4.03. The van der Waals surface area contributed by atoms with E-state index in [9.17, 15) is 9.59 Å². The number of benzene rings is 2. The van der Waals surface area contributed by atoms with E-state index >= 15 is 0 Å². The Morgan fingerprint density at radius 1 is 1.21 bits per heavy atom. The normalized spacial score (nSPS) is 10.6. The minimum absolute atomic E-state index is 0.0317. The summed E-state index contributed by atoms with van der Waals surface area (Å²) in [6.45, 7) is 0.331. The van der Waals surface area contributed by atoms with Crippen molar-refractivity contribution < 1.29 is 13.9 Å². The average molecular weight is 388 g/mol. The third kappa shape index (κ3) is 3.49. The van der Waals surface area contributed by atoms with Crippen molar-refractivity contribution in [2.75, 3.05) is 7.11 Å². The second kappa shape index (κ2) is 6.88. The van der Waals surface area contributed by atoms with Gasteiger partial charge in [0, 0.05) is 11.0 Å². The number of fused-ring (bicyclic) bond motifs is 1. The van der Waals surface area contributed by atoms with Crippen molar-refractivity contribution in [1.82, 2.24) is 5.32 Å². The van der Waals surface area contributed by atoms with Crippen LogP contribution in [0.15, 0.2) is 62.2 Å². The first-order valence-corrected chi connectivity index (χ1v) is 8.00. The number of amides is 1. The molecule has 0 saturated carbocycles. The van der Waals surface area contributed by atoms with Gasteiger partial charge in [0.1, 0.15) is 5.75 Å². The van der Waals surface area contributed by atoms with Gasteiger partial charge in [0.15, 0.2) is 5.76 Å². The van der Waals surface area contributed by atoms with E-state index in [0.717, 1.165) is 10.0 Å². The lowest BCUT2D eigenvalue weighted by Crippen LogP contribution is -2.24. The molecule has 0 saturated heterocycles. The molecule has 0 aliphatic heterocycles. The summed E-state index contributed by atoms with van der Waals surface area (Å²) in [6, 6.07) is 14.1. The molecule has 0 spiro atoms. The van der Waals surface area contributed by atoms with Crippen LogP contribution in [0, 0.1) is 0 Å². The highest BCUT2D eigenvalue weighted by Gasteiger charge is 2.12. The summed E-state index contributed by atoms with van der Waals surface area (Å²) >= 11 is 3.38. The van der Waals surface area contributed by atoms with Gasteiger partial charge >= 0.3 is 5.63 Å². The molecule has 0 radical (unpaired) electrons. The Kier molecular flexibility index (Phi) is 4.66. The lowest BCUT2D eigenvalue weighted by Gasteiger charge is -2.06. The van der Waals surface area contributed by atoms with Crippen molar-refractivity contribution in [3.63, 3.8) is 0 Å². The SMILES string of the molecule is COc1ccc2c(=O)oc(C(=O)NCc3cccc(Br)c3)cc2c1. The smallest absolute Gasteiger partial charge is 0.344 e. The van der Waals surface area contributed by atoms with Crippen LogP contribution < -0.4 is 15.7 Å². The van der Waals surface area contributed by atoms with Crippen LogP contribution in [0.3, 0.4) is 0 Å². The van der Waals surface area contributed by atoms with Crippen molar-refractivity contribution >= 4 is 32.6 Å². The molecule has 0 atom stereocenters. The predicted molar refractivity (Wildman–Crippen MR) is 94.3 cm³/mol. The highest BCUT2D eigenvalue weighted by atomic mass is 79.9. The maximum atomic E-state index is 12.3. The molecule has 0 aliphatic rings. The molecule has 24 heavy (non-hydrogen) atoms. The molecule has 0 fully saturated rings. The Bertz CT molecular complexity index is 965. The van der Waals surface area contributed by atoms with Gasteiger partial charge in [-0.1, -0.05) is 28.1 Å². The monoisotopic (exact) mass is 387 g/mol. The topological polar surface area (TPSA) is 68.5 Å². The molecule has 1 aromatic heterocycles. The first-order chi connectivity index (χ1) is 11.6. The summed E-state index contributed by atoms with van der Waals surface area (Å²) in [7, 11) is 1.54. The summed E-state index contributed by atoms with van der Waals surface area (Å²) in [5.74, 6) is 0.126. The first kappa shape index (κ1) is 16.3. The van der Waals surface area contributed by atoms with E-state index in [1.807, 2.05) is 24.3 Å². The number of methoxy groups -OCH3 is 1. The molecule has 2 aromatic carbocycles. The van der Waals surface area contributed by atoms with E-state index < -0.39 is 11.5 Å². The maximum absolute atomic E-state index is 12.3. The van der Waals surface area contributed by atoms with Gasteiger partial charge in [0.25, 0.3) is 5.91 Å². The molecule has 5 nitrogen and oxygen atoms in total. The number of halogens is 1. The summed E-state index contributed by atoms with van der Waals surface area (Å²) < 4.78 is 11.2. The minimum atomic E-state index is -0.553. The summed E-state index contributed by atoms with van der Waals surface area (Å²) in [5, 5.41) is 3.74. The molecular weight excluding hydrogens is 374 g/mol. The third-order valence-electron chi connectivity index (χ3n) is 3.53. The van der Waals surface area contributed by atoms with Gasteiger partial charge in [-0.25, -0.2) is 4.79 Å². The standard InChI is InChI=1S/C18H14BrNO4/c1-23-14-5-6-15-12(8-14)9-16(24-18(15)22)17(21)20-10-11-3-2-4-13(19)7-11/h2-9H,10H2,1H3,(H,20,21). The number of carbonyl (C=O) groups is 1. The molecule has 0 unspecified atom stereocenters. The predicted octanol–water partition coefficient (Wildman–Crippen LogP) is 3.49. The Hall–Kier alpha value is -2.60. The van der Waals surface area contributed by atoms with Crippen LogP contribution >= 0.6 is 15.9 Å². The first-order valence-electron chi connectivity index (χ1n) is 7.21. The molecule has 1 N–H and O–H groups in total. The van der Waals surface area contributed by atoms with Crippen LogP contribution in [-0.4, -0.2) is 13.0 Å². The van der Waals surface area contributed by atoms with Crippen LogP contribution in [0.25, 0.3) is 10.8 Å². The van der Waals surface area contributed by atoms with Gasteiger partial charge in [0.05, 0.1) is 12.5 Å². The van der Waals surface area contributed by atoms with Gasteiger partial charge < -0.3 is 14.5 Å². The molecule has 122 valence electrons. The number of nitrogens with one attached hydrogen (secondary N) is 1. The molecular formula is C18H14BrNO4. The van der Waals surface area contributed by atoms with E-state index in [2.05, 4.69) is 21.2 Å². The van der Waals surface area contributed by atoms with E-state index in [1.165, 1.54) is 13.2 Å². The van der Waals surface area contributed by atoms with Gasteiger partial charge in [0.2, 0.25) is 0 Å². The highest BCUT2D eigenvalue weighted by Crippen LogP contribution is 2.19. The van der Waals surface area contributed by atoms with Gasteiger partial charge in [-0.3, -0.25) is 4.79 Å². The van der Waals surface area contributed by atoms with E-state index in [4.69, 9.17) is 9.15 Å². The zero-order chi connectivity index (χ0) is 17.1. The van der Waals surface area contributed by atoms with Crippen LogP contribution in [0.2, 0.25) is 0 Å². The second-order valence-electron chi connectivity index (χ2n) is 5.16. The van der Waals surface area contributed by atoms with Gasteiger partial charge in [-0.05, 0) is 47.3 Å². The van der Waals surface area contributed by atoms with Crippen molar-refractivity contribution in [3.8, 4) is 5.75 Å². The lowest BCUT2D eigenvalue weighted by atomic mass is 10.1. The summed E-state index contributed by atoms with van der Waals surface area (Å²) in [5.41, 5.74) is 0.380. The molecule has 0 aliphatic carbocycles. The average Bonchev–Trinajstić information content (AvgIpc) is 2.59. The van der Waals surface area contributed by atoms with Crippen molar-refractivity contribution in [2.45, 2.75) is 6.54 Å². The Labute approximate surface area is 146 Å². The molecule has 3 rings (SSSR count). The largest absolute Gasteiger partial charge is 0.497 e. The van der Waals surface area contributed by atoms with Gasteiger partial charge in [-0.15, -0.1) is 0 Å². The van der Waals surface area contributed by atoms with Crippen LogP contribution in [0.4, 0.5) is 0 Å². The highest BCUT2D eigenvalue weighted by molar-refractivity contribution is 9.10. The summed E-state index contributed by atoms with van der Waals surface area (Å²) in [4.78, 5) is 24.3. The van der Waals surface area contributed by atoms with Gasteiger partial charge in [-0.2, -0.15) is 0 Å². The van der Waals surface area contributed by atoms with E-state index in [0.29, 0.717) is 23.1 Å². The minimum Gasteiger partial charge on any atom is -0.497 e. The molecule has 1 amide bonds. The number of rotatable bonds is 4. The Morgan fingerprint density at radius 2 is 2.04 bits per heavy atom. The zero-order valence-electron chi connectivity index (χ0n) is 12.8. The van der Waals surface area contributed by atoms with Crippen LogP contribution in [-0.2, 0) is 6.54 Å². The Balaban J connectivity index is 1.85. The van der Waals surface area contributed by atoms with E-state index in [1.54, 1.807) is 18.2 Å². The zero-order valence-corrected chi connectivity index (χ0v) is 14.4. The van der Waals surface area contributed by atoms with Crippen LogP contribution in [0.5, 0.6) is 5.75 Å².